The molecule has 0 aliphatic heterocycles. The molecule has 0 fully saturated rings. The topological polar surface area (TPSA) is 71.1 Å². The van der Waals surface area contributed by atoms with Gasteiger partial charge in [0.25, 0.3) is 5.97 Å². The molecule has 0 rings (SSSR count). The number of ketones is 1. The summed E-state index contributed by atoms with van der Waals surface area (Å²) in [7, 11) is -4.83. The third-order valence-electron chi connectivity index (χ3n) is 7.07. The standard InChI is InChI=1S/C31H62O6Si3/c1-27(17-15-13-14-16-18-28(32)25-30(33)37-39(8,9)10)19-20-29(35-26-34-23-24-38(5,6)7)21-22-36-40(11,12)31(2,3)4/h13-15,17,27,29H,16,18-26H2,1-12H3/b14-13+,17-15+/t27-,29-/m1/s1. The SMILES string of the molecule is C[C@H](/C=C/C=C/CCC(=O)CC(=O)O[Si](C)(C)C)CC[C@H](CCO[Si](C)(C)C(C)(C)C)OCOCC[Si](C)(C)C. The Morgan fingerprint density at radius 1 is 0.875 bits per heavy atom. The highest BCUT2D eigenvalue weighted by Crippen LogP contribution is 2.36. The molecule has 0 saturated heterocycles. The van der Waals surface area contributed by atoms with Gasteiger partial charge in [-0.2, -0.15) is 0 Å². The lowest BCUT2D eigenvalue weighted by Crippen LogP contribution is -2.41. The third kappa shape index (κ3) is 21.8. The van der Waals surface area contributed by atoms with Crippen molar-refractivity contribution < 1.29 is 27.9 Å². The highest BCUT2D eigenvalue weighted by atomic mass is 28.4. The Balaban J connectivity index is 4.61. The van der Waals surface area contributed by atoms with Gasteiger partial charge in [0.2, 0.25) is 8.32 Å². The molecule has 0 spiro atoms. The number of allylic oxidation sites excluding steroid dienone is 4. The summed E-state index contributed by atoms with van der Waals surface area (Å²) in [4.78, 5) is 23.8. The highest BCUT2D eigenvalue weighted by Gasteiger charge is 2.37. The maximum Gasteiger partial charge on any atom is 0.299 e. The summed E-state index contributed by atoms with van der Waals surface area (Å²) in [5.74, 6) is -0.0602. The predicted octanol–water partition coefficient (Wildman–Crippen LogP) is 8.74. The lowest BCUT2D eigenvalue weighted by atomic mass is 10.0. The zero-order valence-corrected chi connectivity index (χ0v) is 31.0. The quantitative estimate of drug-likeness (QED) is 0.0423. The smallest absolute Gasteiger partial charge is 0.299 e. The minimum Gasteiger partial charge on any atom is -0.520 e. The Morgan fingerprint density at radius 2 is 1.52 bits per heavy atom. The van der Waals surface area contributed by atoms with Gasteiger partial charge >= 0.3 is 0 Å². The number of carbonyl (C=O) groups is 2. The minimum atomic E-state index is -1.94. The van der Waals surface area contributed by atoms with Crippen LogP contribution in [0.3, 0.4) is 0 Å². The van der Waals surface area contributed by atoms with Crippen molar-refractivity contribution in [3.8, 4) is 0 Å². The van der Waals surface area contributed by atoms with Crippen LogP contribution in [0.1, 0.15) is 66.2 Å². The number of carbonyl (C=O) groups excluding carboxylic acids is 2. The van der Waals surface area contributed by atoms with Gasteiger partial charge in [-0.1, -0.05) is 71.6 Å². The molecule has 2 atom stereocenters. The monoisotopic (exact) mass is 614 g/mol. The molecular formula is C31H62O6Si3. The summed E-state index contributed by atoms with van der Waals surface area (Å²) in [5.41, 5.74) is 0. The fourth-order valence-corrected chi connectivity index (χ4v) is 5.97. The van der Waals surface area contributed by atoms with Crippen molar-refractivity contribution in [3.05, 3.63) is 24.3 Å². The van der Waals surface area contributed by atoms with E-state index in [1.165, 1.54) is 0 Å². The molecule has 0 unspecified atom stereocenters. The van der Waals surface area contributed by atoms with E-state index in [0.29, 0.717) is 25.6 Å². The van der Waals surface area contributed by atoms with Crippen LogP contribution in [-0.2, 0) is 27.9 Å². The van der Waals surface area contributed by atoms with Crippen LogP contribution in [0.15, 0.2) is 24.3 Å². The van der Waals surface area contributed by atoms with Crippen molar-refractivity contribution in [3.63, 3.8) is 0 Å². The fraction of sp³-hybridized carbons (Fsp3) is 0.806. The number of hydrogen-bond acceptors (Lipinski definition) is 6. The highest BCUT2D eigenvalue weighted by molar-refractivity contribution is 6.76. The third-order valence-corrected chi connectivity index (χ3v) is 14.2. The molecule has 234 valence electrons. The van der Waals surface area contributed by atoms with E-state index in [1.54, 1.807) is 0 Å². The van der Waals surface area contributed by atoms with Crippen LogP contribution in [0.2, 0.25) is 63.5 Å². The molecular weight excluding hydrogens is 553 g/mol. The number of ether oxygens (including phenoxy) is 2. The van der Waals surface area contributed by atoms with E-state index in [9.17, 15) is 9.59 Å². The lowest BCUT2D eigenvalue weighted by Gasteiger charge is -2.36. The summed E-state index contributed by atoms with van der Waals surface area (Å²) in [6.45, 7) is 28.3. The van der Waals surface area contributed by atoms with Crippen LogP contribution in [0.4, 0.5) is 0 Å². The summed E-state index contributed by atoms with van der Waals surface area (Å²) in [6, 6.07) is 1.14. The van der Waals surface area contributed by atoms with E-state index in [0.717, 1.165) is 38.5 Å². The molecule has 0 aromatic heterocycles. The second-order valence-electron chi connectivity index (χ2n) is 14.7. The summed E-state index contributed by atoms with van der Waals surface area (Å²) >= 11 is 0. The summed E-state index contributed by atoms with van der Waals surface area (Å²) in [5, 5.41) is 0.197. The van der Waals surface area contributed by atoms with Gasteiger partial charge in [0.1, 0.15) is 19.0 Å². The second kappa shape index (κ2) is 18.6. The van der Waals surface area contributed by atoms with Crippen molar-refractivity contribution in [1.82, 2.24) is 0 Å². The molecule has 0 aromatic carbocycles. The number of Topliss-reactive ketones (excluding diaryl/α,β-unsaturated/α-hetero) is 1. The largest absolute Gasteiger partial charge is 0.520 e. The average Bonchev–Trinajstić information content (AvgIpc) is 2.76. The van der Waals surface area contributed by atoms with Gasteiger partial charge in [0, 0.05) is 27.7 Å². The molecule has 40 heavy (non-hydrogen) atoms. The molecule has 0 heterocycles. The average molecular weight is 615 g/mol. The predicted molar refractivity (Wildman–Crippen MR) is 177 cm³/mol. The van der Waals surface area contributed by atoms with E-state index in [4.69, 9.17) is 18.3 Å². The van der Waals surface area contributed by atoms with Crippen molar-refractivity contribution >= 4 is 36.5 Å². The van der Waals surface area contributed by atoms with E-state index >= 15 is 0 Å². The van der Waals surface area contributed by atoms with Gasteiger partial charge in [-0.25, -0.2) is 0 Å². The Hall–Kier alpha value is -0.849. The first-order valence-corrected chi connectivity index (χ1v) is 25.1. The molecule has 0 radical (unpaired) electrons. The first kappa shape index (κ1) is 39.2. The van der Waals surface area contributed by atoms with E-state index in [-0.39, 0.29) is 23.3 Å². The molecule has 0 aliphatic rings. The van der Waals surface area contributed by atoms with Gasteiger partial charge in [0.05, 0.1) is 6.10 Å². The Bertz CT molecular complexity index is 788. The molecule has 0 N–H and O–H groups in total. The van der Waals surface area contributed by atoms with Crippen molar-refractivity contribution in [2.24, 2.45) is 5.92 Å². The first-order valence-electron chi connectivity index (χ1n) is 15.1. The maximum absolute atomic E-state index is 12.0. The van der Waals surface area contributed by atoms with Crippen LogP contribution in [-0.4, -0.2) is 62.6 Å². The zero-order chi connectivity index (χ0) is 31.0. The molecule has 0 saturated carbocycles. The van der Waals surface area contributed by atoms with Gasteiger partial charge < -0.3 is 18.3 Å². The molecule has 0 aliphatic carbocycles. The minimum absolute atomic E-state index is 0.0710. The lowest BCUT2D eigenvalue weighted by molar-refractivity contribution is -0.138. The van der Waals surface area contributed by atoms with Gasteiger partial charge in [0.15, 0.2) is 8.32 Å². The molecule has 0 bridgehead atoms. The van der Waals surface area contributed by atoms with Gasteiger partial charge in [-0.05, 0) is 75.4 Å². The summed E-state index contributed by atoms with van der Waals surface area (Å²) in [6.07, 6.45) is 12.0. The molecule has 0 amide bonds. The van der Waals surface area contributed by atoms with E-state index < -0.39 is 30.7 Å². The fourth-order valence-electron chi connectivity index (χ4n) is 3.40. The van der Waals surface area contributed by atoms with Gasteiger partial charge in [-0.3, -0.25) is 9.59 Å². The number of hydrogen-bond donors (Lipinski definition) is 0. The molecule has 6 nitrogen and oxygen atoms in total. The summed E-state index contributed by atoms with van der Waals surface area (Å²) < 4.78 is 23.8. The van der Waals surface area contributed by atoms with Gasteiger partial charge in [-0.15, -0.1) is 0 Å². The first-order chi connectivity index (χ1) is 18.2. The molecule has 9 heteroatoms. The van der Waals surface area contributed by atoms with Crippen molar-refractivity contribution in [2.45, 2.75) is 136 Å². The van der Waals surface area contributed by atoms with Crippen molar-refractivity contribution in [1.29, 1.82) is 0 Å². The zero-order valence-electron chi connectivity index (χ0n) is 28.0. The Morgan fingerprint density at radius 3 is 2.10 bits per heavy atom. The van der Waals surface area contributed by atoms with Crippen LogP contribution >= 0.6 is 0 Å². The van der Waals surface area contributed by atoms with E-state index in [2.05, 4.69) is 66.5 Å². The maximum atomic E-state index is 12.0. The van der Waals surface area contributed by atoms with Crippen LogP contribution < -0.4 is 0 Å². The normalized spacial score (nSPS) is 15.1. The second-order valence-corrected chi connectivity index (χ2v) is 29.6. The van der Waals surface area contributed by atoms with E-state index in [1.807, 2.05) is 37.9 Å². The van der Waals surface area contributed by atoms with Crippen LogP contribution in [0.25, 0.3) is 0 Å². The Kier molecular flexibility index (Phi) is 18.2. The van der Waals surface area contributed by atoms with Crippen LogP contribution in [0, 0.1) is 5.92 Å². The number of rotatable bonds is 21. The van der Waals surface area contributed by atoms with Crippen LogP contribution in [0.5, 0.6) is 0 Å². The van der Waals surface area contributed by atoms with Crippen molar-refractivity contribution in [2.75, 3.05) is 20.0 Å². The Labute approximate surface area is 249 Å². The molecule has 0 aromatic rings.